The summed E-state index contributed by atoms with van der Waals surface area (Å²) in [5.41, 5.74) is 5.98. The van der Waals surface area contributed by atoms with E-state index in [1.54, 1.807) is 0 Å². The van der Waals surface area contributed by atoms with Gasteiger partial charge < -0.3 is 10.5 Å². The molecule has 2 atom stereocenters. The first-order valence-corrected chi connectivity index (χ1v) is 5.18. The molecular formula is C10H21NO. The van der Waals surface area contributed by atoms with Crippen molar-refractivity contribution >= 4 is 0 Å². The van der Waals surface area contributed by atoms with Crippen molar-refractivity contribution in [2.24, 2.45) is 11.7 Å². The first-order valence-electron chi connectivity index (χ1n) is 5.18. The first-order chi connectivity index (χ1) is 5.84. The zero-order valence-electron chi connectivity index (χ0n) is 8.09. The van der Waals surface area contributed by atoms with Crippen molar-refractivity contribution in [2.75, 3.05) is 13.2 Å². The number of hydrogen-bond acceptors (Lipinski definition) is 2. The normalized spacial score (nSPS) is 30.5. The number of hydrogen-bond donors (Lipinski definition) is 1. The highest BCUT2D eigenvalue weighted by atomic mass is 16.5. The third-order valence-corrected chi connectivity index (χ3v) is 2.65. The van der Waals surface area contributed by atoms with Crippen molar-refractivity contribution in [1.82, 2.24) is 0 Å². The third kappa shape index (κ3) is 3.11. The second-order valence-electron chi connectivity index (χ2n) is 3.78. The fraction of sp³-hybridized carbons (Fsp3) is 1.00. The maximum atomic E-state index is 5.98. The van der Waals surface area contributed by atoms with E-state index in [2.05, 4.69) is 6.92 Å². The van der Waals surface area contributed by atoms with Gasteiger partial charge in [0.25, 0.3) is 0 Å². The number of nitrogens with two attached hydrogens (primary N) is 1. The van der Waals surface area contributed by atoms with Crippen LogP contribution in [0.5, 0.6) is 0 Å². The van der Waals surface area contributed by atoms with Crippen LogP contribution in [0, 0.1) is 5.92 Å². The summed E-state index contributed by atoms with van der Waals surface area (Å²) >= 11 is 0. The molecule has 2 nitrogen and oxygen atoms in total. The van der Waals surface area contributed by atoms with Gasteiger partial charge in [0.2, 0.25) is 0 Å². The molecule has 1 rings (SSSR count). The Bertz CT molecular complexity index is 116. The average Bonchev–Trinajstić information content (AvgIpc) is 2.09. The molecule has 2 unspecified atom stereocenters. The average molecular weight is 171 g/mol. The monoisotopic (exact) mass is 171 g/mol. The summed E-state index contributed by atoms with van der Waals surface area (Å²) in [5, 5.41) is 0. The highest BCUT2D eigenvalue weighted by molar-refractivity contribution is 4.77. The first kappa shape index (κ1) is 10.0. The van der Waals surface area contributed by atoms with Gasteiger partial charge in [-0.25, -0.2) is 0 Å². The minimum atomic E-state index is 0.399. The van der Waals surface area contributed by atoms with E-state index in [4.69, 9.17) is 10.5 Å². The van der Waals surface area contributed by atoms with E-state index in [0.29, 0.717) is 12.0 Å². The lowest BCUT2D eigenvalue weighted by molar-refractivity contribution is 0.0774. The molecule has 0 aliphatic heterocycles. The molecule has 0 aromatic heterocycles. The Morgan fingerprint density at radius 1 is 1.33 bits per heavy atom. The summed E-state index contributed by atoms with van der Waals surface area (Å²) in [4.78, 5) is 0. The highest BCUT2D eigenvalue weighted by Crippen LogP contribution is 2.22. The Balaban J connectivity index is 2.11. The molecule has 1 fully saturated rings. The van der Waals surface area contributed by atoms with E-state index < -0.39 is 0 Å². The molecule has 0 saturated heterocycles. The molecule has 12 heavy (non-hydrogen) atoms. The van der Waals surface area contributed by atoms with Crippen LogP contribution in [-0.4, -0.2) is 19.3 Å². The maximum absolute atomic E-state index is 5.98. The van der Waals surface area contributed by atoms with Crippen LogP contribution in [0.2, 0.25) is 0 Å². The van der Waals surface area contributed by atoms with Gasteiger partial charge in [-0.05, 0) is 25.2 Å². The van der Waals surface area contributed by atoms with Crippen LogP contribution in [-0.2, 0) is 4.74 Å². The second kappa shape index (κ2) is 5.55. The van der Waals surface area contributed by atoms with Crippen LogP contribution in [0.1, 0.15) is 39.0 Å². The Labute approximate surface area is 75.5 Å². The minimum Gasteiger partial charge on any atom is -0.381 e. The fourth-order valence-electron chi connectivity index (χ4n) is 1.82. The molecular weight excluding hydrogens is 150 g/mol. The standard InChI is InChI=1S/C10H21NO/c1-2-7-12-8-9-5-3-4-6-10(9)11/h9-10H,2-8,11H2,1H3. The SMILES string of the molecule is CCCOCC1CCCCC1N. The van der Waals surface area contributed by atoms with Gasteiger partial charge in [-0.15, -0.1) is 0 Å². The largest absolute Gasteiger partial charge is 0.381 e. The van der Waals surface area contributed by atoms with Crippen LogP contribution in [0.3, 0.4) is 0 Å². The second-order valence-corrected chi connectivity index (χ2v) is 3.78. The Kier molecular flexibility index (Phi) is 4.62. The molecule has 0 aromatic carbocycles. The Hall–Kier alpha value is -0.0800. The molecule has 0 spiro atoms. The summed E-state index contributed by atoms with van der Waals surface area (Å²) in [6, 6.07) is 0.399. The summed E-state index contributed by atoms with van der Waals surface area (Å²) in [6.07, 6.45) is 6.23. The third-order valence-electron chi connectivity index (χ3n) is 2.65. The van der Waals surface area contributed by atoms with Crippen LogP contribution in [0.4, 0.5) is 0 Å². The summed E-state index contributed by atoms with van der Waals surface area (Å²) in [6.45, 7) is 3.92. The summed E-state index contributed by atoms with van der Waals surface area (Å²) in [5.74, 6) is 0.630. The molecule has 2 heteroatoms. The number of ether oxygens (including phenoxy) is 1. The lowest BCUT2D eigenvalue weighted by Gasteiger charge is -2.28. The number of rotatable bonds is 4. The van der Waals surface area contributed by atoms with E-state index in [9.17, 15) is 0 Å². The topological polar surface area (TPSA) is 35.2 Å². The van der Waals surface area contributed by atoms with Gasteiger partial charge in [-0.2, -0.15) is 0 Å². The van der Waals surface area contributed by atoms with Crippen LogP contribution in [0.15, 0.2) is 0 Å². The maximum Gasteiger partial charge on any atom is 0.0509 e. The van der Waals surface area contributed by atoms with Crippen molar-refractivity contribution in [3.8, 4) is 0 Å². The lowest BCUT2D eigenvalue weighted by Crippen LogP contribution is -2.35. The zero-order chi connectivity index (χ0) is 8.81. The van der Waals surface area contributed by atoms with E-state index in [0.717, 1.165) is 19.6 Å². The molecule has 2 N–H and O–H groups in total. The van der Waals surface area contributed by atoms with E-state index in [1.165, 1.54) is 25.7 Å². The van der Waals surface area contributed by atoms with Gasteiger partial charge >= 0.3 is 0 Å². The predicted octanol–water partition coefficient (Wildman–Crippen LogP) is 1.93. The van der Waals surface area contributed by atoms with Crippen molar-refractivity contribution in [2.45, 2.75) is 45.1 Å². The molecule has 0 amide bonds. The summed E-state index contributed by atoms with van der Waals surface area (Å²) in [7, 11) is 0. The van der Waals surface area contributed by atoms with Crippen LogP contribution in [0.25, 0.3) is 0 Å². The quantitative estimate of drug-likeness (QED) is 0.656. The molecule has 0 heterocycles. The summed E-state index contributed by atoms with van der Waals surface area (Å²) < 4.78 is 5.51. The van der Waals surface area contributed by atoms with E-state index in [1.807, 2.05) is 0 Å². The smallest absolute Gasteiger partial charge is 0.0509 e. The highest BCUT2D eigenvalue weighted by Gasteiger charge is 2.21. The van der Waals surface area contributed by atoms with Gasteiger partial charge in [0.05, 0.1) is 6.61 Å². The van der Waals surface area contributed by atoms with Gasteiger partial charge in [0.15, 0.2) is 0 Å². The Morgan fingerprint density at radius 2 is 2.08 bits per heavy atom. The van der Waals surface area contributed by atoms with Crippen molar-refractivity contribution in [3.63, 3.8) is 0 Å². The van der Waals surface area contributed by atoms with Gasteiger partial charge in [-0.3, -0.25) is 0 Å². The zero-order valence-corrected chi connectivity index (χ0v) is 8.09. The fourth-order valence-corrected chi connectivity index (χ4v) is 1.82. The van der Waals surface area contributed by atoms with E-state index in [-0.39, 0.29) is 0 Å². The van der Waals surface area contributed by atoms with Crippen LogP contribution < -0.4 is 5.73 Å². The minimum absolute atomic E-state index is 0.399. The van der Waals surface area contributed by atoms with Crippen LogP contribution >= 0.6 is 0 Å². The van der Waals surface area contributed by atoms with Gasteiger partial charge in [0.1, 0.15) is 0 Å². The molecule has 1 aliphatic rings. The predicted molar refractivity (Wildman–Crippen MR) is 51.0 cm³/mol. The van der Waals surface area contributed by atoms with E-state index >= 15 is 0 Å². The van der Waals surface area contributed by atoms with Gasteiger partial charge in [-0.1, -0.05) is 19.8 Å². The van der Waals surface area contributed by atoms with Crippen molar-refractivity contribution < 1.29 is 4.74 Å². The Morgan fingerprint density at radius 3 is 2.75 bits per heavy atom. The van der Waals surface area contributed by atoms with Crippen molar-refractivity contribution in [1.29, 1.82) is 0 Å². The lowest BCUT2D eigenvalue weighted by atomic mass is 9.86. The molecule has 72 valence electrons. The molecule has 0 bridgehead atoms. The molecule has 0 aromatic rings. The molecule has 1 saturated carbocycles. The molecule has 0 radical (unpaired) electrons. The van der Waals surface area contributed by atoms with Gasteiger partial charge in [0, 0.05) is 12.6 Å². The molecule has 1 aliphatic carbocycles. The van der Waals surface area contributed by atoms with Crippen molar-refractivity contribution in [3.05, 3.63) is 0 Å².